The molecule has 0 saturated carbocycles. The number of ether oxygens (including phenoxy) is 1. The van der Waals surface area contributed by atoms with Gasteiger partial charge in [-0.3, -0.25) is 14.5 Å². The highest BCUT2D eigenvalue weighted by molar-refractivity contribution is 6.36. The Morgan fingerprint density at radius 1 is 0.867 bits per heavy atom. The quantitative estimate of drug-likeness (QED) is 0.686. The fourth-order valence-electron chi connectivity index (χ4n) is 3.40. The molecule has 30 heavy (non-hydrogen) atoms. The lowest BCUT2D eigenvalue weighted by molar-refractivity contribution is -0.137. The third-order valence-corrected chi connectivity index (χ3v) is 5.51. The van der Waals surface area contributed by atoms with Crippen molar-refractivity contribution in [3.8, 4) is 0 Å². The van der Waals surface area contributed by atoms with E-state index in [4.69, 9.17) is 4.74 Å². The van der Waals surface area contributed by atoms with Gasteiger partial charge in [-0.15, -0.1) is 0 Å². The summed E-state index contributed by atoms with van der Waals surface area (Å²) in [5.74, 6) is -0.610. The molecule has 0 atom stereocenters. The zero-order valence-corrected chi connectivity index (χ0v) is 18.6. The van der Waals surface area contributed by atoms with Crippen molar-refractivity contribution >= 4 is 23.1 Å². The summed E-state index contributed by atoms with van der Waals surface area (Å²) in [6.07, 6.45) is 0.0399. The van der Waals surface area contributed by atoms with Crippen molar-refractivity contribution in [3.05, 3.63) is 69.9 Å². The van der Waals surface area contributed by atoms with E-state index < -0.39 is 0 Å². The highest BCUT2D eigenvalue weighted by atomic mass is 16.5. The van der Waals surface area contributed by atoms with Gasteiger partial charge in [-0.1, -0.05) is 24.3 Å². The second-order valence-electron chi connectivity index (χ2n) is 8.15. The molecule has 2 amide bonds. The minimum atomic E-state index is -0.321. The van der Waals surface area contributed by atoms with E-state index in [1.54, 1.807) is 0 Å². The molecule has 1 aliphatic rings. The van der Waals surface area contributed by atoms with E-state index in [-0.39, 0.29) is 24.5 Å². The number of nitrogens with one attached hydrogen (secondary N) is 1. The van der Waals surface area contributed by atoms with Gasteiger partial charge in [0.25, 0.3) is 11.8 Å². The van der Waals surface area contributed by atoms with Gasteiger partial charge in [-0.05, 0) is 81.5 Å². The summed E-state index contributed by atoms with van der Waals surface area (Å²) in [6, 6.07) is 11.8. The predicted octanol–water partition coefficient (Wildman–Crippen LogP) is 4.54. The average molecular weight is 407 g/mol. The topological polar surface area (TPSA) is 58.6 Å². The first kappa shape index (κ1) is 21.8. The second-order valence-corrected chi connectivity index (χ2v) is 8.15. The van der Waals surface area contributed by atoms with E-state index in [0.717, 1.165) is 27.9 Å². The van der Waals surface area contributed by atoms with Crippen LogP contribution in [0.5, 0.6) is 0 Å². The minimum absolute atomic E-state index is 0.0399. The molecule has 0 bridgehead atoms. The van der Waals surface area contributed by atoms with Gasteiger partial charge >= 0.3 is 0 Å². The highest BCUT2D eigenvalue weighted by Crippen LogP contribution is 2.31. The van der Waals surface area contributed by atoms with Crippen LogP contribution in [0.15, 0.2) is 42.1 Å². The van der Waals surface area contributed by atoms with E-state index in [0.29, 0.717) is 17.9 Å². The van der Waals surface area contributed by atoms with Crippen molar-refractivity contribution in [2.24, 2.45) is 0 Å². The van der Waals surface area contributed by atoms with Crippen LogP contribution in [0.25, 0.3) is 5.57 Å². The Balaban J connectivity index is 2.00. The summed E-state index contributed by atoms with van der Waals surface area (Å²) in [6.45, 7) is 12.5. The van der Waals surface area contributed by atoms with Crippen molar-refractivity contribution < 1.29 is 14.3 Å². The first-order valence-electron chi connectivity index (χ1n) is 10.3. The molecule has 1 aliphatic heterocycles. The second kappa shape index (κ2) is 8.84. The van der Waals surface area contributed by atoms with Gasteiger partial charge in [-0.2, -0.15) is 0 Å². The summed E-state index contributed by atoms with van der Waals surface area (Å²) in [4.78, 5) is 27.7. The summed E-state index contributed by atoms with van der Waals surface area (Å²) >= 11 is 0. The number of benzene rings is 2. The highest BCUT2D eigenvalue weighted by Gasteiger charge is 2.39. The Hall–Kier alpha value is -2.92. The van der Waals surface area contributed by atoms with Crippen LogP contribution in [0.4, 0.5) is 5.69 Å². The van der Waals surface area contributed by atoms with Crippen molar-refractivity contribution in [1.29, 1.82) is 0 Å². The fourth-order valence-corrected chi connectivity index (χ4v) is 3.40. The number of carbonyl (C=O) groups is 2. The van der Waals surface area contributed by atoms with E-state index in [1.807, 2.05) is 77.9 Å². The Bertz CT molecular complexity index is 1020. The lowest BCUT2D eigenvalue weighted by Gasteiger charge is -2.16. The van der Waals surface area contributed by atoms with E-state index in [2.05, 4.69) is 5.32 Å². The minimum Gasteiger partial charge on any atom is -0.377 e. The molecule has 3 rings (SSSR count). The number of carbonyl (C=O) groups excluding carboxylic acids is 2. The van der Waals surface area contributed by atoms with Crippen LogP contribution < -0.4 is 5.32 Å². The molecule has 1 N–H and O–H groups in total. The lowest BCUT2D eigenvalue weighted by Crippen LogP contribution is -2.35. The van der Waals surface area contributed by atoms with Gasteiger partial charge in [0.05, 0.1) is 24.8 Å². The van der Waals surface area contributed by atoms with Crippen LogP contribution in [0.1, 0.15) is 41.7 Å². The number of hydrogen-bond acceptors (Lipinski definition) is 4. The maximum absolute atomic E-state index is 13.3. The number of anilines is 1. The Kier molecular flexibility index (Phi) is 6.42. The van der Waals surface area contributed by atoms with Crippen LogP contribution >= 0.6 is 0 Å². The molecule has 158 valence electrons. The number of aryl methyl sites for hydroxylation is 4. The van der Waals surface area contributed by atoms with Crippen LogP contribution in [0.2, 0.25) is 0 Å². The van der Waals surface area contributed by atoms with Crippen LogP contribution in [-0.4, -0.2) is 36.0 Å². The first-order valence-corrected chi connectivity index (χ1v) is 10.3. The molecule has 5 heteroatoms. The summed E-state index contributed by atoms with van der Waals surface area (Å²) < 4.78 is 5.57. The fraction of sp³-hybridized carbons (Fsp3) is 0.360. The lowest BCUT2D eigenvalue weighted by atomic mass is 9.99. The van der Waals surface area contributed by atoms with Crippen LogP contribution in [0.3, 0.4) is 0 Å². The Morgan fingerprint density at radius 2 is 1.50 bits per heavy atom. The van der Waals surface area contributed by atoms with Gasteiger partial charge in [0.1, 0.15) is 5.70 Å². The number of nitrogens with zero attached hydrogens (tertiary/aromatic N) is 1. The molecule has 0 saturated heterocycles. The summed E-state index contributed by atoms with van der Waals surface area (Å²) in [7, 11) is 0. The van der Waals surface area contributed by atoms with Gasteiger partial charge in [0.2, 0.25) is 0 Å². The molecule has 0 aliphatic carbocycles. The normalized spacial score (nSPS) is 14.3. The molecule has 0 aromatic heterocycles. The average Bonchev–Trinajstić information content (AvgIpc) is 2.91. The van der Waals surface area contributed by atoms with Crippen LogP contribution in [0, 0.1) is 27.7 Å². The van der Waals surface area contributed by atoms with Crippen molar-refractivity contribution in [2.45, 2.75) is 47.6 Å². The molecule has 5 nitrogen and oxygen atoms in total. The van der Waals surface area contributed by atoms with Gasteiger partial charge in [0.15, 0.2) is 0 Å². The van der Waals surface area contributed by atoms with Crippen molar-refractivity contribution in [1.82, 2.24) is 4.90 Å². The van der Waals surface area contributed by atoms with Gasteiger partial charge < -0.3 is 10.1 Å². The van der Waals surface area contributed by atoms with Gasteiger partial charge in [-0.25, -0.2) is 0 Å². The third-order valence-electron chi connectivity index (χ3n) is 5.51. The van der Waals surface area contributed by atoms with Crippen molar-refractivity contribution in [2.75, 3.05) is 18.5 Å². The first-order chi connectivity index (χ1) is 14.2. The molecule has 1 heterocycles. The molecule has 2 aromatic carbocycles. The summed E-state index contributed by atoms with van der Waals surface area (Å²) in [5.41, 5.74) is 6.76. The maximum atomic E-state index is 13.3. The number of imide groups is 1. The third kappa shape index (κ3) is 4.46. The predicted molar refractivity (Wildman–Crippen MR) is 120 cm³/mol. The van der Waals surface area contributed by atoms with E-state index in [1.165, 1.54) is 10.5 Å². The van der Waals surface area contributed by atoms with E-state index in [9.17, 15) is 9.59 Å². The maximum Gasteiger partial charge on any atom is 0.278 e. The molecular weight excluding hydrogens is 376 g/mol. The van der Waals surface area contributed by atoms with Gasteiger partial charge in [0, 0.05) is 5.69 Å². The number of rotatable bonds is 7. The number of amides is 2. The molecule has 0 radical (unpaired) electrons. The van der Waals surface area contributed by atoms with E-state index >= 15 is 0 Å². The number of hydrogen-bond donors (Lipinski definition) is 1. The Labute approximate surface area is 178 Å². The monoisotopic (exact) mass is 406 g/mol. The summed E-state index contributed by atoms with van der Waals surface area (Å²) in [5, 5.41) is 3.23. The molecule has 2 aromatic rings. The smallest absolute Gasteiger partial charge is 0.278 e. The van der Waals surface area contributed by atoms with Crippen molar-refractivity contribution in [3.63, 3.8) is 0 Å². The zero-order chi connectivity index (χ0) is 22.0. The molecule has 0 spiro atoms. The Morgan fingerprint density at radius 3 is 2.10 bits per heavy atom. The zero-order valence-electron chi connectivity index (χ0n) is 18.6. The SMILES string of the molecule is Cc1ccc(NC2=C(c3ccc(C)c(C)c3)C(=O)N(CCOC(C)C)C2=O)cc1C. The van der Waals surface area contributed by atoms with Crippen LogP contribution in [-0.2, 0) is 14.3 Å². The molecular formula is C25H30N2O3. The molecule has 0 fully saturated rings. The largest absolute Gasteiger partial charge is 0.377 e. The molecule has 0 unspecified atom stereocenters. The standard InChI is InChI=1S/C25H30N2O3/c1-15(2)30-12-11-27-24(28)22(20-9-7-16(3)18(5)13-20)23(25(27)29)26-21-10-8-17(4)19(6)14-21/h7-10,13-15,26H,11-12H2,1-6H3.